The maximum atomic E-state index is 13.2. The Bertz CT molecular complexity index is 1270. The highest BCUT2D eigenvalue weighted by atomic mass is 35.5. The van der Waals surface area contributed by atoms with Crippen molar-refractivity contribution < 1.29 is 14.3 Å². The number of amides is 2. The summed E-state index contributed by atoms with van der Waals surface area (Å²) in [4.78, 5) is 27.2. The van der Waals surface area contributed by atoms with E-state index in [1.165, 1.54) is 0 Å². The molecule has 166 valence electrons. The first-order valence-electron chi connectivity index (χ1n) is 10.6. The lowest BCUT2D eigenvalue weighted by molar-refractivity contribution is -0.118. The van der Waals surface area contributed by atoms with E-state index in [1.54, 1.807) is 53.4 Å². The van der Waals surface area contributed by atoms with Gasteiger partial charge in [-0.1, -0.05) is 48.0 Å². The van der Waals surface area contributed by atoms with Gasteiger partial charge in [0.05, 0.1) is 5.69 Å². The first-order valence-corrected chi connectivity index (χ1v) is 11.0. The maximum Gasteiger partial charge on any atom is 0.262 e. The van der Waals surface area contributed by atoms with E-state index in [-0.39, 0.29) is 18.4 Å². The molecular weight excluding hydrogens is 436 g/mol. The van der Waals surface area contributed by atoms with Gasteiger partial charge in [-0.2, -0.15) is 0 Å². The number of hydrogen-bond donors (Lipinski definition) is 1. The second-order valence-corrected chi connectivity index (χ2v) is 7.85. The Balaban J connectivity index is 1.42. The number of hydrogen-bond acceptors (Lipinski definition) is 3. The van der Waals surface area contributed by atoms with Crippen LogP contribution in [-0.2, 0) is 4.79 Å². The molecule has 0 aromatic heterocycles. The summed E-state index contributed by atoms with van der Waals surface area (Å²) in [6.07, 6.45) is 0. The van der Waals surface area contributed by atoms with Crippen LogP contribution in [0.15, 0.2) is 91.0 Å². The van der Waals surface area contributed by atoms with Crippen molar-refractivity contribution in [2.45, 2.75) is 6.92 Å². The largest absolute Gasteiger partial charge is 0.484 e. The lowest BCUT2D eigenvalue weighted by Gasteiger charge is -2.23. The van der Waals surface area contributed by atoms with Crippen LogP contribution in [-0.4, -0.2) is 25.0 Å². The Morgan fingerprint density at radius 1 is 0.879 bits per heavy atom. The van der Waals surface area contributed by atoms with Gasteiger partial charge in [-0.25, -0.2) is 0 Å². The van der Waals surface area contributed by atoms with Gasteiger partial charge < -0.3 is 15.0 Å². The SMILES string of the molecule is CCN(C(=O)c1ccc(NC(=O)COc2ccc(Cl)cc2)cc1)c1cccc2ccccc12. The fourth-order valence-electron chi connectivity index (χ4n) is 3.60. The zero-order valence-corrected chi connectivity index (χ0v) is 18.9. The first-order chi connectivity index (χ1) is 16.0. The number of anilines is 2. The van der Waals surface area contributed by atoms with E-state index in [4.69, 9.17) is 16.3 Å². The molecule has 0 saturated heterocycles. The van der Waals surface area contributed by atoms with E-state index >= 15 is 0 Å². The predicted octanol–water partition coefficient (Wildman–Crippen LogP) is 6.18. The molecular formula is C27H23ClN2O3. The number of halogens is 1. The number of nitrogens with zero attached hydrogens (tertiary/aromatic N) is 1. The minimum absolute atomic E-state index is 0.0993. The topological polar surface area (TPSA) is 58.6 Å². The molecule has 4 rings (SSSR count). The van der Waals surface area contributed by atoms with Crippen LogP contribution in [0.25, 0.3) is 10.8 Å². The summed E-state index contributed by atoms with van der Waals surface area (Å²) >= 11 is 5.84. The van der Waals surface area contributed by atoms with Crippen LogP contribution in [0.4, 0.5) is 11.4 Å². The van der Waals surface area contributed by atoms with Gasteiger partial charge in [-0.15, -0.1) is 0 Å². The minimum atomic E-state index is -0.296. The van der Waals surface area contributed by atoms with Gasteiger partial charge in [0, 0.05) is 28.2 Å². The van der Waals surface area contributed by atoms with Gasteiger partial charge in [0.15, 0.2) is 6.61 Å². The third-order valence-electron chi connectivity index (χ3n) is 5.22. The standard InChI is InChI=1S/C27H23ClN2O3/c1-2-30(25-9-5-7-19-6-3-4-8-24(19)25)27(32)20-10-14-22(15-11-20)29-26(31)18-33-23-16-12-21(28)13-17-23/h3-17H,2,18H2,1H3,(H,29,31). The molecule has 0 aliphatic heterocycles. The molecule has 33 heavy (non-hydrogen) atoms. The highest BCUT2D eigenvalue weighted by molar-refractivity contribution is 6.30. The van der Waals surface area contributed by atoms with Gasteiger partial charge in [-0.3, -0.25) is 9.59 Å². The molecule has 6 heteroatoms. The van der Waals surface area contributed by atoms with E-state index < -0.39 is 0 Å². The van der Waals surface area contributed by atoms with Crippen molar-refractivity contribution >= 4 is 45.6 Å². The smallest absolute Gasteiger partial charge is 0.262 e. The number of ether oxygens (including phenoxy) is 1. The van der Waals surface area contributed by atoms with Crippen LogP contribution in [0, 0.1) is 0 Å². The van der Waals surface area contributed by atoms with E-state index in [0.717, 1.165) is 16.5 Å². The molecule has 0 atom stereocenters. The van der Waals surface area contributed by atoms with Gasteiger partial charge in [0.2, 0.25) is 0 Å². The number of benzene rings is 4. The Kier molecular flexibility index (Phi) is 6.91. The molecule has 4 aromatic carbocycles. The van der Waals surface area contributed by atoms with Crippen LogP contribution in [0.2, 0.25) is 5.02 Å². The Morgan fingerprint density at radius 3 is 2.30 bits per heavy atom. The van der Waals surface area contributed by atoms with E-state index in [2.05, 4.69) is 5.32 Å². The van der Waals surface area contributed by atoms with Crippen molar-refractivity contribution in [2.75, 3.05) is 23.4 Å². The van der Waals surface area contributed by atoms with E-state index in [1.807, 2.05) is 49.4 Å². The zero-order chi connectivity index (χ0) is 23.2. The molecule has 0 aliphatic rings. The van der Waals surface area contributed by atoms with Crippen molar-refractivity contribution in [3.63, 3.8) is 0 Å². The lowest BCUT2D eigenvalue weighted by atomic mass is 10.1. The van der Waals surface area contributed by atoms with Crippen LogP contribution in [0.3, 0.4) is 0 Å². The second-order valence-electron chi connectivity index (χ2n) is 7.42. The van der Waals surface area contributed by atoms with Crippen LogP contribution < -0.4 is 15.0 Å². The number of fused-ring (bicyclic) bond motifs is 1. The maximum absolute atomic E-state index is 13.2. The minimum Gasteiger partial charge on any atom is -0.484 e. The van der Waals surface area contributed by atoms with Gasteiger partial charge in [0.25, 0.3) is 11.8 Å². The molecule has 0 fully saturated rings. The van der Waals surface area contributed by atoms with Gasteiger partial charge in [-0.05, 0) is 66.9 Å². The fourth-order valence-corrected chi connectivity index (χ4v) is 3.72. The summed E-state index contributed by atoms with van der Waals surface area (Å²) < 4.78 is 5.46. The Morgan fingerprint density at radius 2 is 1.58 bits per heavy atom. The van der Waals surface area contributed by atoms with Crippen molar-refractivity contribution in [1.29, 1.82) is 0 Å². The van der Waals surface area contributed by atoms with Crippen LogP contribution in [0.5, 0.6) is 5.75 Å². The number of nitrogens with one attached hydrogen (secondary N) is 1. The molecule has 0 bridgehead atoms. The zero-order valence-electron chi connectivity index (χ0n) is 18.1. The highest BCUT2D eigenvalue weighted by Crippen LogP contribution is 2.28. The summed E-state index contributed by atoms with van der Waals surface area (Å²) in [7, 11) is 0. The Labute approximate surface area is 197 Å². The molecule has 1 N–H and O–H groups in total. The average molecular weight is 459 g/mol. The Hall–Kier alpha value is -3.83. The van der Waals surface area contributed by atoms with Crippen LogP contribution >= 0.6 is 11.6 Å². The predicted molar refractivity (Wildman–Crippen MR) is 133 cm³/mol. The summed E-state index contributed by atoms with van der Waals surface area (Å²) in [6, 6.07) is 27.6. The number of carbonyl (C=O) groups is 2. The number of rotatable bonds is 7. The van der Waals surface area contributed by atoms with Crippen LogP contribution in [0.1, 0.15) is 17.3 Å². The van der Waals surface area contributed by atoms with Crippen molar-refractivity contribution in [1.82, 2.24) is 0 Å². The molecule has 0 aliphatic carbocycles. The lowest BCUT2D eigenvalue weighted by Crippen LogP contribution is -2.30. The quantitative estimate of drug-likeness (QED) is 0.360. The first kappa shape index (κ1) is 22.4. The molecule has 4 aromatic rings. The fraction of sp³-hybridized carbons (Fsp3) is 0.111. The van der Waals surface area contributed by atoms with Gasteiger partial charge in [0.1, 0.15) is 5.75 Å². The average Bonchev–Trinajstić information content (AvgIpc) is 2.85. The van der Waals surface area contributed by atoms with Crippen molar-refractivity contribution in [2.24, 2.45) is 0 Å². The van der Waals surface area contributed by atoms with Crippen molar-refractivity contribution in [3.8, 4) is 5.75 Å². The molecule has 0 heterocycles. The molecule has 5 nitrogen and oxygen atoms in total. The molecule has 0 saturated carbocycles. The summed E-state index contributed by atoms with van der Waals surface area (Å²) in [5.41, 5.74) is 2.00. The van der Waals surface area contributed by atoms with E-state index in [0.29, 0.717) is 28.6 Å². The summed E-state index contributed by atoms with van der Waals surface area (Å²) in [5, 5.41) is 5.49. The van der Waals surface area contributed by atoms with E-state index in [9.17, 15) is 9.59 Å². The number of carbonyl (C=O) groups excluding carboxylic acids is 2. The third kappa shape index (κ3) is 5.33. The molecule has 0 unspecified atom stereocenters. The molecule has 0 radical (unpaired) electrons. The molecule has 2 amide bonds. The summed E-state index contributed by atoms with van der Waals surface area (Å²) in [5.74, 6) is 0.163. The third-order valence-corrected chi connectivity index (χ3v) is 5.47. The highest BCUT2D eigenvalue weighted by Gasteiger charge is 2.18. The second kappa shape index (κ2) is 10.2. The molecule has 0 spiro atoms. The van der Waals surface area contributed by atoms with Crippen molar-refractivity contribution in [3.05, 3.63) is 102 Å². The van der Waals surface area contributed by atoms with Gasteiger partial charge >= 0.3 is 0 Å². The normalized spacial score (nSPS) is 10.6. The monoisotopic (exact) mass is 458 g/mol. The summed E-state index contributed by atoms with van der Waals surface area (Å²) in [6.45, 7) is 2.36.